The number of nitrogens with one attached hydrogen (secondary N) is 1. The molecule has 1 heterocycles. The van der Waals surface area contributed by atoms with Gasteiger partial charge in [-0.1, -0.05) is 43.3 Å². The fraction of sp³-hybridized carbons (Fsp3) is 0.318. The number of benzene rings is 2. The molecule has 0 amide bonds. The minimum atomic E-state index is -4.38. The molecule has 7 heteroatoms. The van der Waals surface area contributed by atoms with Crippen LogP contribution in [0.2, 0.25) is 0 Å². The van der Waals surface area contributed by atoms with Gasteiger partial charge in [0, 0.05) is 23.1 Å². The number of carboxylic acids is 1. The molecule has 0 aliphatic rings. The zero-order valence-corrected chi connectivity index (χ0v) is 16.3. The summed E-state index contributed by atoms with van der Waals surface area (Å²) in [6.45, 7) is 4.15. The highest BCUT2D eigenvalue weighted by molar-refractivity contribution is 5.89. The van der Waals surface area contributed by atoms with E-state index in [1.165, 1.54) is 6.07 Å². The Hall–Kier alpha value is -2.80. The van der Waals surface area contributed by atoms with Crippen LogP contribution in [0.4, 0.5) is 13.2 Å². The molecule has 2 N–H and O–H groups in total. The molecule has 1 aromatic heterocycles. The lowest BCUT2D eigenvalue weighted by atomic mass is 10.1. The van der Waals surface area contributed by atoms with E-state index < -0.39 is 17.7 Å². The molecule has 2 aromatic carbocycles. The van der Waals surface area contributed by atoms with Crippen molar-refractivity contribution in [3.8, 4) is 0 Å². The number of alkyl halides is 3. The first-order valence-electron chi connectivity index (χ1n) is 9.44. The van der Waals surface area contributed by atoms with E-state index >= 15 is 0 Å². The molecule has 0 aliphatic carbocycles. The molecule has 1 unspecified atom stereocenters. The van der Waals surface area contributed by atoms with Gasteiger partial charge in [0.2, 0.25) is 0 Å². The number of carboxylic acid groups (broad SMARTS) is 1. The van der Waals surface area contributed by atoms with Gasteiger partial charge < -0.3 is 9.67 Å². The minimum Gasteiger partial charge on any atom is -0.481 e. The highest BCUT2D eigenvalue weighted by Crippen LogP contribution is 2.31. The summed E-state index contributed by atoms with van der Waals surface area (Å²) >= 11 is 0. The van der Waals surface area contributed by atoms with Crippen molar-refractivity contribution in [3.63, 3.8) is 0 Å². The summed E-state index contributed by atoms with van der Waals surface area (Å²) in [6, 6.07) is 12.9. The Morgan fingerprint density at radius 3 is 2.55 bits per heavy atom. The van der Waals surface area contributed by atoms with E-state index in [-0.39, 0.29) is 19.1 Å². The topological polar surface area (TPSA) is 54.3 Å². The van der Waals surface area contributed by atoms with Crippen LogP contribution in [0.25, 0.3) is 10.9 Å². The molecule has 0 saturated heterocycles. The first-order chi connectivity index (χ1) is 13.7. The molecule has 3 rings (SSSR count). The van der Waals surface area contributed by atoms with Gasteiger partial charge in [-0.2, -0.15) is 13.2 Å². The molecule has 154 valence electrons. The quantitative estimate of drug-likeness (QED) is 0.572. The Morgan fingerprint density at radius 2 is 1.90 bits per heavy atom. The van der Waals surface area contributed by atoms with E-state index in [1.807, 2.05) is 42.7 Å². The van der Waals surface area contributed by atoms with E-state index in [9.17, 15) is 23.1 Å². The number of rotatable bonds is 7. The van der Waals surface area contributed by atoms with Crippen molar-refractivity contribution in [2.75, 3.05) is 0 Å². The van der Waals surface area contributed by atoms with Crippen molar-refractivity contribution in [1.82, 2.24) is 9.88 Å². The molecule has 0 spiro atoms. The molecule has 29 heavy (non-hydrogen) atoms. The van der Waals surface area contributed by atoms with Gasteiger partial charge >= 0.3 is 12.1 Å². The van der Waals surface area contributed by atoms with Crippen LogP contribution in [0.3, 0.4) is 0 Å². The average Bonchev–Trinajstić information content (AvgIpc) is 2.98. The standard InChI is InChI=1S/C22H23F3N2O2/c1-3-19-18(12-21(28)29)17-9-4-5-10-20(17)27(19)14(2)26-13-15-7-6-8-16(11-15)22(23,24)25/h4-11,14,26H,3,12-13H2,1-2H3,(H,28,29). The van der Waals surface area contributed by atoms with Crippen LogP contribution < -0.4 is 5.32 Å². The molecule has 0 radical (unpaired) electrons. The molecule has 0 fully saturated rings. The van der Waals surface area contributed by atoms with E-state index in [0.717, 1.165) is 34.3 Å². The highest BCUT2D eigenvalue weighted by Gasteiger charge is 2.30. The third-order valence-electron chi connectivity index (χ3n) is 5.03. The fourth-order valence-corrected chi connectivity index (χ4v) is 3.77. The molecule has 4 nitrogen and oxygen atoms in total. The molecule has 0 saturated carbocycles. The second-order valence-corrected chi connectivity index (χ2v) is 6.99. The lowest BCUT2D eigenvalue weighted by Crippen LogP contribution is -2.25. The number of nitrogens with zero attached hydrogens (tertiary/aromatic N) is 1. The SMILES string of the molecule is CCc1c(CC(=O)O)c2ccccc2n1C(C)NCc1cccc(C(F)(F)F)c1. The van der Waals surface area contributed by atoms with Gasteiger partial charge in [0.25, 0.3) is 0 Å². The Bertz CT molecular complexity index is 1020. The Kier molecular flexibility index (Phi) is 5.98. The third kappa shape index (κ3) is 4.45. The molecule has 3 aromatic rings. The van der Waals surface area contributed by atoms with Gasteiger partial charge in [-0.3, -0.25) is 10.1 Å². The van der Waals surface area contributed by atoms with Gasteiger partial charge in [0.05, 0.1) is 18.2 Å². The monoisotopic (exact) mass is 404 g/mol. The minimum absolute atomic E-state index is 0.0724. The van der Waals surface area contributed by atoms with Crippen LogP contribution in [0.15, 0.2) is 48.5 Å². The maximum absolute atomic E-state index is 12.9. The van der Waals surface area contributed by atoms with Crippen molar-refractivity contribution >= 4 is 16.9 Å². The van der Waals surface area contributed by atoms with Crippen LogP contribution in [-0.4, -0.2) is 15.6 Å². The van der Waals surface area contributed by atoms with E-state index in [1.54, 1.807) is 6.07 Å². The average molecular weight is 404 g/mol. The zero-order valence-electron chi connectivity index (χ0n) is 16.3. The van der Waals surface area contributed by atoms with E-state index in [4.69, 9.17) is 0 Å². The van der Waals surface area contributed by atoms with Crippen molar-refractivity contribution in [2.45, 2.75) is 45.6 Å². The van der Waals surface area contributed by atoms with Crippen LogP contribution in [-0.2, 0) is 30.4 Å². The van der Waals surface area contributed by atoms with Crippen molar-refractivity contribution in [3.05, 3.63) is 70.9 Å². The van der Waals surface area contributed by atoms with Gasteiger partial charge in [0.1, 0.15) is 0 Å². The maximum Gasteiger partial charge on any atom is 0.416 e. The summed E-state index contributed by atoms with van der Waals surface area (Å²) in [5, 5.41) is 13.5. The van der Waals surface area contributed by atoms with Crippen molar-refractivity contribution in [2.24, 2.45) is 0 Å². The summed E-state index contributed by atoms with van der Waals surface area (Å²) in [4.78, 5) is 11.4. The Morgan fingerprint density at radius 1 is 1.17 bits per heavy atom. The predicted octanol–water partition coefficient (Wildman–Crippen LogP) is 5.16. The van der Waals surface area contributed by atoms with Gasteiger partial charge in [0.15, 0.2) is 0 Å². The predicted molar refractivity (Wildman–Crippen MR) is 106 cm³/mol. The summed E-state index contributed by atoms with van der Waals surface area (Å²) < 4.78 is 40.9. The number of para-hydroxylation sites is 1. The number of aromatic nitrogens is 1. The molecule has 1 atom stereocenters. The highest BCUT2D eigenvalue weighted by atomic mass is 19.4. The maximum atomic E-state index is 12.9. The number of hydrogen-bond donors (Lipinski definition) is 2. The number of aliphatic carboxylic acids is 1. The first kappa shape index (κ1) is 20.9. The van der Waals surface area contributed by atoms with Crippen LogP contribution in [0, 0.1) is 0 Å². The number of fused-ring (bicyclic) bond motifs is 1. The summed E-state index contributed by atoms with van der Waals surface area (Å²) in [7, 11) is 0. The van der Waals surface area contributed by atoms with Gasteiger partial charge in [-0.15, -0.1) is 0 Å². The summed E-state index contributed by atoms with van der Waals surface area (Å²) in [5.41, 5.74) is 2.46. The third-order valence-corrected chi connectivity index (χ3v) is 5.03. The molecular formula is C22H23F3N2O2. The Labute approximate surface area is 167 Å². The van der Waals surface area contributed by atoms with E-state index in [2.05, 4.69) is 5.32 Å². The first-order valence-corrected chi connectivity index (χ1v) is 9.44. The second-order valence-electron chi connectivity index (χ2n) is 6.99. The molecule has 0 bridgehead atoms. The van der Waals surface area contributed by atoms with Gasteiger partial charge in [-0.05, 0) is 36.6 Å². The van der Waals surface area contributed by atoms with Crippen LogP contribution >= 0.6 is 0 Å². The normalized spacial score (nSPS) is 13.0. The van der Waals surface area contributed by atoms with E-state index in [0.29, 0.717) is 12.0 Å². The van der Waals surface area contributed by atoms with Crippen LogP contribution in [0.1, 0.15) is 42.4 Å². The van der Waals surface area contributed by atoms with Gasteiger partial charge in [-0.25, -0.2) is 0 Å². The zero-order chi connectivity index (χ0) is 21.2. The lowest BCUT2D eigenvalue weighted by molar-refractivity contribution is -0.138. The number of halogens is 3. The fourth-order valence-electron chi connectivity index (χ4n) is 3.77. The second kappa shape index (κ2) is 8.29. The summed E-state index contributed by atoms with van der Waals surface area (Å²) in [6.07, 6.45) is -4.03. The largest absolute Gasteiger partial charge is 0.481 e. The summed E-state index contributed by atoms with van der Waals surface area (Å²) in [5.74, 6) is -0.896. The molecule has 0 aliphatic heterocycles. The Balaban J connectivity index is 1.91. The van der Waals surface area contributed by atoms with Crippen molar-refractivity contribution < 1.29 is 23.1 Å². The van der Waals surface area contributed by atoms with Crippen LogP contribution in [0.5, 0.6) is 0 Å². The number of hydrogen-bond acceptors (Lipinski definition) is 2. The molecular weight excluding hydrogens is 381 g/mol. The smallest absolute Gasteiger partial charge is 0.416 e. The number of carbonyl (C=O) groups is 1. The lowest BCUT2D eigenvalue weighted by Gasteiger charge is -2.21. The van der Waals surface area contributed by atoms with Crippen molar-refractivity contribution in [1.29, 1.82) is 0 Å².